The van der Waals surface area contributed by atoms with Crippen LogP contribution in [-0.2, 0) is 6.54 Å². The van der Waals surface area contributed by atoms with Gasteiger partial charge in [-0.05, 0) is 45.0 Å². The third-order valence-electron chi connectivity index (χ3n) is 3.06. The van der Waals surface area contributed by atoms with E-state index in [2.05, 4.69) is 28.0 Å². The molecule has 106 valence electrons. The minimum atomic E-state index is 0.309. The Morgan fingerprint density at radius 2 is 2.21 bits per heavy atom. The van der Waals surface area contributed by atoms with Crippen LogP contribution in [0, 0.1) is 6.92 Å². The Balaban J connectivity index is 2.33. The van der Waals surface area contributed by atoms with Crippen LogP contribution in [0.15, 0.2) is 23.4 Å². The third kappa shape index (κ3) is 6.20. The van der Waals surface area contributed by atoms with Crippen molar-refractivity contribution in [1.82, 2.24) is 9.88 Å². The van der Waals surface area contributed by atoms with Crippen LogP contribution in [0.3, 0.4) is 0 Å². The number of unbranched alkanes of at least 4 members (excludes halogenated alkanes) is 1. The quantitative estimate of drug-likeness (QED) is 0.248. The zero-order valence-corrected chi connectivity index (χ0v) is 11.8. The van der Waals surface area contributed by atoms with E-state index in [1.54, 1.807) is 0 Å². The van der Waals surface area contributed by atoms with E-state index in [1.165, 1.54) is 0 Å². The van der Waals surface area contributed by atoms with Crippen LogP contribution < -0.4 is 5.73 Å². The van der Waals surface area contributed by atoms with Gasteiger partial charge >= 0.3 is 0 Å². The molecular weight excluding hydrogens is 240 g/mol. The lowest BCUT2D eigenvalue weighted by Gasteiger charge is -2.19. The highest BCUT2D eigenvalue weighted by molar-refractivity contribution is 5.79. The van der Waals surface area contributed by atoms with Gasteiger partial charge in [-0.2, -0.15) is 0 Å². The minimum absolute atomic E-state index is 0.309. The van der Waals surface area contributed by atoms with Crippen LogP contribution in [0.5, 0.6) is 0 Å². The van der Waals surface area contributed by atoms with Gasteiger partial charge in [0, 0.05) is 18.7 Å². The fourth-order valence-electron chi connectivity index (χ4n) is 1.96. The van der Waals surface area contributed by atoms with Crippen molar-refractivity contribution in [3.63, 3.8) is 0 Å². The number of hydrogen-bond donors (Lipinski definition) is 2. The van der Waals surface area contributed by atoms with E-state index in [9.17, 15) is 0 Å². The molecule has 0 amide bonds. The summed E-state index contributed by atoms with van der Waals surface area (Å²) in [5.74, 6) is 0.309. The maximum atomic E-state index is 8.45. The first-order chi connectivity index (χ1) is 9.15. The molecule has 1 aromatic rings. The second kappa shape index (κ2) is 8.48. The molecule has 1 aromatic heterocycles. The Labute approximate surface area is 115 Å². The highest BCUT2D eigenvalue weighted by Crippen LogP contribution is 2.05. The summed E-state index contributed by atoms with van der Waals surface area (Å²) in [7, 11) is 0. The van der Waals surface area contributed by atoms with Crippen LogP contribution in [0.2, 0.25) is 0 Å². The van der Waals surface area contributed by atoms with Crippen LogP contribution in [-0.4, -0.2) is 34.0 Å². The van der Waals surface area contributed by atoms with Gasteiger partial charge in [-0.15, -0.1) is 0 Å². The molecule has 0 aliphatic rings. The van der Waals surface area contributed by atoms with E-state index in [4.69, 9.17) is 10.9 Å². The van der Waals surface area contributed by atoms with Crippen molar-refractivity contribution < 1.29 is 5.21 Å². The molecule has 0 atom stereocenters. The molecule has 0 bridgehead atoms. The number of oxime groups is 1. The van der Waals surface area contributed by atoms with Crippen LogP contribution in [0.1, 0.15) is 37.6 Å². The number of aromatic nitrogens is 1. The summed E-state index contributed by atoms with van der Waals surface area (Å²) in [4.78, 5) is 6.87. The number of rotatable bonds is 8. The Kier molecular flexibility index (Phi) is 6.89. The number of hydrogen-bond acceptors (Lipinski definition) is 4. The van der Waals surface area contributed by atoms with Crippen molar-refractivity contribution in [2.24, 2.45) is 10.9 Å². The molecule has 0 saturated heterocycles. The first-order valence-electron chi connectivity index (χ1n) is 6.77. The lowest BCUT2D eigenvalue weighted by molar-refractivity contribution is 0.270. The van der Waals surface area contributed by atoms with Crippen molar-refractivity contribution >= 4 is 5.84 Å². The predicted molar refractivity (Wildman–Crippen MR) is 77.2 cm³/mol. The van der Waals surface area contributed by atoms with Gasteiger partial charge in [0.1, 0.15) is 5.84 Å². The predicted octanol–water partition coefficient (Wildman–Crippen LogP) is 2.13. The van der Waals surface area contributed by atoms with Crippen molar-refractivity contribution in [3.8, 4) is 0 Å². The molecule has 0 radical (unpaired) electrons. The molecule has 5 nitrogen and oxygen atoms in total. The number of pyridine rings is 1. The second-order valence-electron chi connectivity index (χ2n) is 4.69. The molecule has 3 N–H and O–H groups in total. The molecule has 0 aliphatic heterocycles. The van der Waals surface area contributed by atoms with Gasteiger partial charge in [0.2, 0.25) is 0 Å². The molecular formula is C14H24N4O. The summed E-state index contributed by atoms with van der Waals surface area (Å²) >= 11 is 0. The molecule has 0 fully saturated rings. The SMILES string of the molecule is CCN(CCCCC(N)=NO)Cc1cccc(C)n1. The third-order valence-corrected chi connectivity index (χ3v) is 3.06. The monoisotopic (exact) mass is 264 g/mol. The summed E-state index contributed by atoms with van der Waals surface area (Å²) in [6.07, 6.45) is 2.63. The van der Waals surface area contributed by atoms with E-state index in [0.29, 0.717) is 12.3 Å². The van der Waals surface area contributed by atoms with Gasteiger partial charge in [-0.25, -0.2) is 0 Å². The fraction of sp³-hybridized carbons (Fsp3) is 0.571. The smallest absolute Gasteiger partial charge is 0.139 e. The maximum Gasteiger partial charge on any atom is 0.139 e. The van der Waals surface area contributed by atoms with Gasteiger partial charge < -0.3 is 10.9 Å². The van der Waals surface area contributed by atoms with E-state index in [1.807, 2.05) is 19.1 Å². The fourth-order valence-corrected chi connectivity index (χ4v) is 1.96. The second-order valence-corrected chi connectivity index (χ2v) is 4.69. The van der Waals surface area contributed by atoms with Gasteiger partial charge in [0.15, 0.2) is 0 Å². The zero-order valence-electron chi connectivity index (χ0n) is 11.8. The number of amidine groups is 1. The molecule has 0 saturated carbocycles. The summed E-state index contributed by atoms with van der Waals surface area (Å²) < 4.78 is 0. The lowest BCUT2D eigenvalue weighted by Crippen LogP contribution is -2.25. The summed E-state index contributed by atoms with van der Waals surface area (Å²) in [6, 6.07) is 6.12. The summed E-state index contributed by atoms with van der Waals surface area (Å²) in [5.41, 5.74) is 7.60. The topological polar surface area (TPSA) is 74.7 Å². The molecule has 1 rings (SSSR count). The standard InChI is InChI=1S/C14H24N4O/c1-3-18(10-5-4-9-14(15)17-19)11-13-8-6-7-12(2)16-13/h6-8,19H,3-5,9-11H2,1-2H3,(H2,15,17). The Morgan fingerprint density at radius 1 is 1.42 bits per heavy atom. The number of aryl methyl sites for hydroxylation is 1. The summed E-state index contributed by atoms with van der Waals surface area (Å²) in [6.45, 7) is 7.04. The average molecular weight is 264 g/mol. The minimum Gasteiger partial charge on any atom is -0.409 e. The number of nitrogens with two attached hydrogens (primary N) is 1. The van der Waals surface area contributed by atoms with Crippen LogP contribution >= 0.6 is 0 Å². The lowest BCUT2D eigenvalue weighted by atomic mass is 10.2. The molecule has 0 unspecified atom stereocenters. The molecule has 1 heterocycles. The maximum absolute atomic E-state index is 8.45. The highest BCUT2D eigenvalue weighted by atomic mass is 16.4. The van der Waals surface area contributed by atoms with E-state index < -0.39 is 0 Å². The largest absolute Gasteiger partial charge is 0.409 e. The molecule has 19 heavy (non-hydrogen) atoms. The van der Waals surface area contributed by atoms with Crippen molar-refractivity contribution in [2.45, 2.75) is 39.7 Å². The normalized spacial score (nSPS) is 12.1. The molecule has 0 aliphatic carbocycles. The first kappa shape index (κ1) is 15.4. The molecule has 0 spiro atoms. The molecule has 5 heteroatoms. The highest BCUT2D eigenvalue weighted by Gasteiger charge is 2.05. The van der Waals surface area contributed by atoms with Gasteiger partial charge in [-0.3, -0.25) is 9.88 Å². The van der Waals surface area contributed by atoms with Gasteiger partial charge in [0.25, 0.3) is 0 Å². The Hall–Kier alpha value is -1.62. The van der Waals surface area contributed by atoms with E-state index >= 15 is 0 Å². The summed E-state index contributed by atoms with van der Waals surface area (Å²) in [5, 5.41) is 11.4. The average Bonchev–Trinajstić information content (AvgIpc) is 2.41. The first-order valence-corrected chi connectivity index (χ1v) is 6.77. The van der Waals surface area contributed by atoms with Crippen LogP contribution in [0.4, 0.5) is 0 Å². The van der Waals surface area contributed by atoms with Crippen LogP contribution in [0.25, 0.3) is 0 Å². The van der Waals surface area contributed by atoms with E-state index in [0.717, 1.165) is 43.9 Å². The van der Waals surface area contributed by atoms with Gasteiger partial charge in [0.05, 0.1) is 5.69 Å². The van der Waals surface area contributed by atoms with Crippen molar-refractivity contribution in [1.29, 1.82) is 0 Å². The Bertz CT molecular complexity index is 406. The Morgan fingerprint density at radius 3 is 2.84 bits per heavy atom. The zero-order chi connectivity index (χ0) is 14.1. The van der Waals surface area contributed by atoms with Crippen molar-refractivity contribution in [3.05, 3.63) is 29.6 Å². The van der Waals surface area contributed by atoms with E-state index in [-0.39, 0.29) is 0 Å². The van der Waals surface area contributed by atoms with Gasteiger partial charge in [-0.1, -0.05) is 18.1 Å². The number of nitrogens with zero attached hydrogens (tertiary/aromatic N) is 3. The molecule has 0 aromatic carbocycles. The van der Waals surface area contributed by atoms with Crippen molar-refractivity contribution in [2.75, 3.05) is 13.1 Å².